The Morgan fingerprint density at radius 2 is 0.818 bits per heavy atom. The van der Waals surface area contributed by atoms with Crippen LogP contribution >= 0.6 is 11.3 Å². The third-order valence-corrected chi connectivity index (χ3v) is 9.30. The first-order valence-electron chi connectivity index (χ1n) is 14.8. The minimum atomic E-state index is 0.937. The van der Waals surface area contributed by atoms with E-state index in [0.717, 1.165) is 17.2 Å². The second-order valence-corrected chi connectivity index (χ2v) is 11.9. The van der Waals surface area contributed by atoms with Gasteiger partial charge in [-0.3, -0.25) is 4.90 Å². The first-order chi connectivity index (χ1) is 21.8. The number of hydrogen-bond acceptors (Lipinski definition) is 3. The van der Waals surface area contributed by atoms with Gasteiger partial charge in [0.05, 0.1) is 0 Å². The number of nitrogens with zero attached hydrogens (tertiary/aromatic N) is 2. The lowest BCUT2D eigenvalue weighted by molar-refractivity contribution is 1.20. The second kappa shape index (κ2) is 11.3. The fourth-order valence-corrected chi connectivity index (χ4v) is 7.03. The third-order valence-electron chi connectivity index (χ3n) is 8.16. The topological polar surface area (TPSA) is 16.1 Å². The average Bonchev–Trinajstić information content (AvgIpc) is 3.49. The summed E-state index contributed by atoms with van der Waals surface area (Å²) in [4.78, 5) is 7.30. The molecule has 0 radical (unpaired) electrons. The van der Waals surface area contributed by atoms with Gasteiger partial charge >= 0.3 is 0 Å². The van der Waals surface area contributed by atoms with E-state index in [1.54, 1.807) is 0 Å². The highest BCUT2D eigenvalue weighted by molar-refractivity contribution is 7.25. The molecule has 2 aromatic heterocycles. The largest absolute Gasteiger partial charge is 0.295 e. The summed E-state index contributed by atoms with van der Waals surface area (Å²) in [6, 6.07) is 58.2. The highest BCUT2D eigenvalue weighted by Gasteiger charge is 2.20. The van der Waals surface area contributed by atoms with E-state index in [0.29, 0.717) is 0 Å². The molecule has 0 spiro atoms. The van der Waals surface area contributed by atoms with Gasteiger partial charge in [0.2, 0.25) is 0 Å². The summed E-state index contributed by atoms with van der Waals surface area (Å²) in [5.41, 5.74) is 9.36. The van der Waals surface area contributed by atoms with Crippen LogP contribution in [-0.2, 0) is 0 Å². The number of benzene rings is 6. The molecule has 0 aliphatic heterocycles. The van der Waals surface area contributed by atoms with Crippen molar-refractivity contribution in [1.82, 2.24) is 4.98 Å². The van der Waals surface area contributed by atoms with Gasteiger partial charge in [-0.2, -0.15) is 0 Å². The van der Waals surface area contributed by atoms with Crippen molar-refractivity contribution in [3.05, 3.63) is 170 Å². The summed E-state index contributed by atoms with van der Waals surface area (Å²) < 4.78 is 2.50. The Morgan fingerprint density at radius 3 is 1.34 bits per heavy atom. The highest BCUT2D eigenvalue weighted by Crippen LogP contribution is 2.44. The van der Waals surface area contributed by atoms with Crippen LogP contribution in [0.4, 0.5) is 17.2 Å². The standard InChI is InChI=1S/C41H28N2S/c1-3-9-29(10-4-1)31-15-17-32(18-16-31)34-21-25-36(26-22-34)43(35-23-19-33(20-24-35)30-11-5-2-6-12-30)41-40-37-13-7-8-14-38(37)44-39(40)27-28-42-41/h1-28H. The summed E-state index contributed by atoms with van der Waals surface area (Å²) in [5, 5.41) is 2.41. The van der Waals surface area contributed by atoms with E-state index >= 15 is 0 Å². The van der Waals surface area contributed by atoms with Crippen molar-refractivity contribution in [2.75, 3.05) is 4.90 Å². The van der Waals surface area contributed by atoms with Crippen LogP contribution in [0.2, 0.25) is 0 Å². The zero-order chi connectivity index (χ0) is 29.3. The van der Waals surface area contributed by atoms with Crippen LogP contribution in [0.5, 0.6) is 0 Å². The van der Waals surface area contributed by atoms with Gasteiger partial charge in [-0.05, 0) is 69.8 Å². The predicted octanol–water partition coefficient (Wildman–Crippen LogP) is 11.9. The maximum Gasteiger partial charge on any atom is 0.146 e. The molecule has 3 heteroatoms. The van der Waals surface area contributed by atoms with Crippen LogP contribution < -0.4 is 4.90 Å². The van der Waals surface area contributed by atoms with Crippen LogP contribution in [0.3, 0.4) is 0 Å². The van der Waals surface area contributed by atoms with E-state index in [-0.39, 0.29) is 0 Å². The lowest BCUT2D eigenvalue weighted by atomic mass is 10.00. The minimum Gasteiger partial charge on any atom is -0.295 e. The molecule has 0 unspecified atom stereocenters. The van der Waals surface area contributed by atoms with Crippen molar-refractivity contribution < 1.29 is 0 Å². The van der Waals surface area contributed by atoms with E-state index in [2.05, 4.69) is 169 Å². The number of rotatable bonds is 6. The molecule has 0 saturated carbocycles. The molecule has 8 aromatic rings. The quantitative estimate of drug-likeness (QED) is 0.194. The predicted molar refractivity (Wildman–Crippen MR) is 188 cm³/mol. The number of hydrogen-bond donors (Lipinski definition) is 0. The smallest absolute Gasteiger partial charge is 0.146 e. The van der Waals surface area contributed by atoms with Crippen LogP contribution in [0.1, 0.15) is 0 Å². The number of pyridine rings is 1. The minimum absolute atomic E-state index is 0.937. The van der Waals surface area contributed by atoms with Gasteiger partial charge in [0.15, 0.2) is 0 Å². The molecular weight excluding hydrogens is 553 g/mol. The molecule has 8 rings (SSSR count). The Balaban J connectivity index is 1.22. The molecule has 2 heterocycles. The number of fused-ring (bicyclic) bond motifs is 3. The maximum atomic E-state index is 5.01. The lowest BCUT2D eigenvalue weighted by Crippen LogP contribution is -2.11. The van der Waals surface area contributed by atoms with Crippen molar-refractivity contribution in [3.8, 4) is 33.4 Å². The molecule has 6 aromatic carbocycles. The Hall–Kier alpha value is -5.51. The van der Waals surface area contributed by atoms with Crippen LogP contribution in [-0.4, -0.2) is 4.98 Å². The second-order valence-electron chi connectivity index (χ2n) is 10.8. The zero-order valence-corrected chi connectivity index (χ0v) is 24.8. The third kappa shape index (κ3) is 4.84. The van der Waals surface area contributed by atoms with Gasteiger partial charge in [-0.15, -0.1) is 11.3 Å². The summed E-state index contributed by atoms with van der Waals surface area (Å²) >= 11 is 1.82. The molecule has 0 atom stereocenters. The highest BCUT2D eigenvalue weighted by atomic mass is 32.1. The van der Waals surface area contributed by atoms with Crippen LogP contribution in [0.15, 0.2) is 170 Å². The number of thiophene rings is 1. The summed E-state index contributed by atoms with van der Waals surface area (Å²) in [7, 11) is 0. The first-order valence-corrected chi connectivity index (χ1v) is 15.6. The van der Waals surface area contributed by atoms with Crippen molar-refractivity contribution in [1.29, 1.82) is 0 Å². The number of aromatic nitrogens is 1. The molecule has 2 nitrogen and oxygen atoms in total. The fourth-order valence-electron chi connectivity index (χ4n) is 5.94. The molecule has 44 heavy (non-hydrogen) atoms. The van der Waals surface area contributed by atoms with Gasteiger partial charge in [0, 0.05) is 37.7 Å². The monoisotopic (exact) mass is 580 g/mol. The van der Waals surface area contributed by atoms with Crippen molar-refractivity contribution >= 4 is 48.7 Å². The molecule has 208 valence electrons. The molecule has 0 aliphatic carbocycles. The molecular formula is C41H28N2S. The van der Waals surface area contributed by atoms with Crippen LogP contribution in [0, 0.1) is 0 Å². The van der Waals surface area contributed by atoms with Gasteiger partial charge in [0.1, 0.15) is 5.82 Å². The Kier molecular flexibility index (Phi) is 6.71. The Morgan fingerprint density at radius 1 is 0.386 bits per heavy atom. The first kappa shape index (κ1) is 26.1. The van der Waals surface area contributed by atoms with Crippen molar-refractivity contribution in [3.63, 3.8) is 0 Å². The molecule has 0 saturated heterocycles. The summed E-state index contributed by atoms with van der Waals surface area (Å²) in [6.07, 6.45) is 1.93. The van der Waals surface area contributed by atoms with Crippen molar-refractivity contribution in [2.45, 2.75) is 0 Å². The molecule has 0 amide bonds. The van der Waals surface area contributed by atoms with E-state index in [1.807, 2.05) is 17.5 Å². The molecule has 0 fully saturated rings. The van der Waals surface area contributed by atoms with Gasteiger partial charge in [0.25, 0.3) is 0 Å². The van der Waals surface area contributed by atoms with Gasteiger partial charge in [-0.25, -0.2) is 4.98 Å². The van der Waals surface area contributed by atoms with E-state index in [1.165, 1.54) is 53.6 Å². The van der Waals surface area contributed by atoms with Gasteiger partial charge in [-0.1, -0.05) is 127 Å². The normalized spacial score (nSPS) is 11.2. The van der Waals surface area contributed by atoms with E-state index in [9.17, 15) is 0 Å². The summed E-state index contributed by atoms with van der Waals surface area (Å²) in [5.74, 6) is 0.937. The number of anilines is 3. The summed E-state index contributed by atoms with van der Waals surface area (Å²) in [6.45, 7) is 0. The molecule has 0 N–H and O–H groups in total. The van der Waals surface area contributed by atoms with Gasteiger partial charge < -0.3 is 0 Å². The Labute approximate surface area is 261 Å². The van der Waals surface area contributed by atoms with Crippen molar-refractivity contribution in [2.24, 2.45) is 0 Å². The maximum absolute atomic E-state index is 5.01. The Bertz CT molecular complexity index is 2180. The molecule has 0 bridgehead atoms. The van der Waals surface area contributed by atoms with E-state index < -0.39 is 0 Å². The fraction of sp³-hybridized carbons (Fsp3) is 0. The molecule has 0 aliphatic rings. The average molecular weight is 581 g/mol. The SMILES string of the molecule is c1ccc(-c2ccc(-c3ccc(N(c4ccc(-c5ccccc5)cc4)c4nccc5sc6ccccc6c45)cc3)cc2)cc1. The van der Waals surface area contributed by atoms with Crippen LogP contribution in [0.25, 0.3) is 53.6 Å². The zero-order valence-electron chi connectivity index (χ0n) is 24.0. The van der Waals surface area contributed by atoms with E-state index in [4.69, 9.17) is 4.98 Å². The lowest BCUT2D eigenvalue weighted by Gasteiger charge is -2.25.